The summed E-state index contributed by atoms with van der Waals surface area (Å²) < 4.78 is 7.40. The number of ether oxygens (including phenoxy) is 1. The molecule has 5 heteroatoms. The lowest BCUT2D eigenvalue weighted by molar-refractivity contribution is 0.237. The first-order valence-electron chi connectivity index (χ1n) is 8.32. The molecule has 1 aromatic heterocycles. The van der Waals surface area contributed by atoms with Gasteiger partial charge in [-0.05, 0) is 63.1 Å². The molecule has 0 aliphatic heterocycles. The van der Waals surface area contributed by atoms with Crippen molar-refractivity contribution in [3.8, 4) is 11.4 Å². The monoisotopic (exact) mass is 329 g/mol. The molecule has 0 aliphatic carbocycles. The molecular formula is C19H27N3O2. The topological polar surface area (TPSA) is 55.3 Å². The van der Waals surface area contributed by atoms with Crippen LogP contribution in [0.15, 0.2) is 30.3 Å². The Kier molecular flexibility index (Phi) is 5.90. The Bertz CT molecular complexity index is 689. The highest BCUT2D eigenvalue weighted by molar-refractivity contribution is 5.74. The molecule has 1 atom stereocenters. The fourth-order valence-electron chi connectivity index (χ4n) is 2.69. The van der Waals surface area contributed by atoms with Crippen molar-refractivity contribution < 1.29 is 9.53 Å². The zero-order valence-corrected chi connectivity index (χ0v) is 15.1. The zero-order chi connectivity index (χ0) is 17.7. The molecule has 24 heavy (non-hydrogen) atoms. The van der Waals surface area contributed by atoms with E-state index in [9.17, 15) is 4.79 Å². The smallest absolute Gasteiger partial charge is 0.315 e. The average molecular weight is 329 g/mol. The predicted molar refractivity (Wildman–Crippen MR) is 96.9 cm³/mol. The Balaban J connectivity index is 2.12. The van der Waals surface area contributed by atoms with E-state index in [1.807, 2.05) is 38.1 Å². The SMILES string of the molecule is CC[C@@H](C)NC(=O)NCc1cc(C)n(-c2ccc(OC)cc2)c1C. The van der Waals surface area contributed by atoms with Gasteiger partial charge in [-0.25, -0.2) is 4.79 Å². The summed E-state index contributed by atoms with van der Waals surface area (Å²) in [5.41, 5.74) is 4.46. The summed E-state index contributed by atoms with van der Waals surface area (Å²) >= 11 is 0. The first kappa shape index (κ1) is 17.9. The Hall–Kier alpha value is -2.43. The maximum absolute atomic E-state index is 11.9. The van der Waals surface area contributed by atoms with Crippen molar-refractivity contribution in [1.82, 2.24) is 15.2 Å². The van der Waals surface area contributed by atoms with Crippen LogP contribution in [-0.2, 0) is 6.54 Å². The number of amides is 2. The van der Waals surface area contributed by atoms with Gasteiger partial charge in [-0.1, -0.05) is 6.92 Å². The summed E-state index contributed by atoms with van der Waals surface area (Å²) in [6.45, 7) is 8.70. The zero-order valence-electron chi connectivity index (χ0n) is 15.1. The minimum absolute atomic E-state index is 0.126. The molecule has 1 heterocycles. The second kappa shape index (κ2) is 7.90. The number of carbonyl (C=O) groups excluding carboxylic acids is 1. The standard InChI is InChI=1S/C19H27N3O2/c1-6-13(2)21-19(23)20-12-16-11-14(3)22(15(16)4)17-7-9-18(24-5)10-8-17/h7-11,13H,6,12H2,1-5H3,(H2,20,21,23)/t13-/m1/s1. The van der Waals surface area contributed by atoms with Crippen LogP contribution in [0.25, 0.3) is 5.69 Å². The number of aryl methyl sites for hydroxylation is 1. The van der Waals surface area contributed by atoms with E-state index in [1.54, 1.807) is 7.11 Å². The molecule has 5 nitrogen and oxygen atoms in total. The molecule has 2 N–H and O–H groups in total. The molecule has 2 rings (SSSR count). The number of carbonyl (C=O) groups is 1. The number of urea groups is 1. The van der Waals surface area contributed by atoms with Crippen molar-refractivity contribution in [3.63, 3.8) is 0 Å². The third-order valence-electron chi connectivity index (χ3n) is 4.30. The fraction of sp³-hybridized carbons (Fsp3) is 0.421. The van der Waals surface area contributed by atoms with Gasteiger partial charge in [0.15, 0.2) is 0 Å². The van der Waals surface area contributed by atoms with Gasteiger partial charge in [0.2, 0.25) is 0 Å². The lowest BCUT2D eigenvalue weighted by atomic mass is 10.2. The number of rotatable bonds is 6. The van der Waals surface area contributed by atoms with Gasteiger partial charge < -0.3 is 19.9 Å². The van der Waals surface area contributed by atoms with E-state index in [-0.39, 0.29) is 12.1 Å². The van der Waals surface area contributed by atoms with Gasteiger partial charge in [-0.15, -0.1) is 0 Å². The van der Waals surface area contributed by atoms with Crippen LogP contribution in [0.1, 0.15) is 37.2 Å². The number of methoxy groups -OCH3 is 1. The second-order valence-electron chi connectivity index (χ2n) is 6.07. The summed E-state index contributed by atoms with van der Waals surface area (Å²) in [4.78, 5) is 11.9. The molecule has 0 unspecified atom stereocenters. The van der Waals surface area contributed by atoms with Crippen molar-refractivity contribution in [2.24, 2.45) is 0 Å². The van der Waals surface area contributed by atoms with Crippen LogP contribution in [0, 0.1) is 13.8 Å². The van der Waals surface area contributed by atoms with E-state index < -0.39 is 0 Å². The number of aromatic nitrogens is 1. The maximum Gasteiger partial charge on any atom is 0.315 e. The predicted octanol–water partition coefficient (Wildman–Crippen LogP) is 3.70. The molecule has 0 saturated carbocycles. The van der Waals surface area contributed by atoms with Crippen LogP contribution in [0.2, 0.25) is 0 Å². The summed E-state index contributed by atoms with van der Waals surface area (Å²) in [6.07, 6.45) is 0.916. The van der Waals surface area contributed by atoms with E-state index in [4.69, 9.17) is 4.74 Å². The van der Waals surface area contributed by atoms with Gasteiger partial charge in [-0.2, -0.15) is 0 Å². The van der Waals surface area contributed by atoms with Crippen molar-refractivity contribution in [2.45, 2.75) is 46.7 Å². The van der Waals surface area contributed by atoms with Gasteiger partial charge in [0.1, 0.15) is 5.75 Å². The fourth-order valence-corrected chi connectivity index (χ4v) is 2.69. The molecular weight excluding hydrogens is 302 g/mol. The molecule has 0 spiro atoms. The van der Waals surface area contributed by atoms with Crippen molar-refractivity contribution >= 4 is 6.03 Å². The first-order chi connectivity index (χ1) is 11.5. The number of hydrogen-bond donors (Lipinski definition) is 2. The van der Waals surface area contributed by atoms with Crippen LogP contribution in [0.4, 0.5) is 4.79 Å². The Morgan fingerprint density at radius 2 is 1.92 bits per heavy atom. The van der Waals surface area contributed by atoms with Gasteiger partial charge >= 0.3 is 6.03 Å². The molecule has 1 aromatic carbocycles. The van der Waals surface area contributed by atoms with Gasteiger partial charge in [0.05, 0.1) is 7.11 Å². The van der Waals surface area contributed by atoms with Crippen molar-refractivity contribution in [3.05, 3.63) is 47.3 Å². The molecule has 0 fully saturated rings. The third-order valence-corrected chi connectivity index (χ3v) is 4.30. The summed E-state index contributed by atoms with van der Waals surface area (Å²) in [7, 11) is 1.66. The molecule has 2 amide bonds. The molecule has 0 bridgehead atoms. The van der Waals surface area contributed by atoms with Crippen LogP contribution < -0.4 is 15.4 Å². The number of benzene rings is 1. The van der Waals surface area contributed by atoms with E-state index in [2.05, 4.69) is 35.1 Å². The third kappa shape index (κ3) is 4.10. The second-order valence-corrected chi connectivity index (χ2v) is 6.07. The van der Waals surface area contributed by atoms with E-state index >= 15 is 0 Å². The number of hydrogen-bond acceptors (Lipinski definition) is 2. The van der Waals surface area contributed by atoms with Crippen molar-refractivity contribution in [1.29, 1.82) is 0 Å². The lowest BCUT2D eigenvalue weighted by Crippen LogP contribution is -2.40. The molecule has 0 radical (unpaired) electrons. The average Bonchev–Trinajstić information content (AvgIpc) is 2.86. The Morgan fingerprint density at radius 1 is 1.25 bits per heavy atom. The maximum atomic E-state index is 11.9. The first-order valence-corrected chi connectivity index (χ1v) is 8.32. The summed E-state index contributed by atoms with van der Waals surface area (Å²) in [6, 6.07) is 10.1. The molecule has 0 aliphatic rings. The Labute approximate surface area is 144 Å². The van der Waals surface area contributed by atoms with E-state index in [1.165, 1.54) is 0 Å². The molecule has 130 valence electrons. The highest BCUT2D eigenvalue weighted by Gasteiger charge is 2.12. The van der Waals surface area contributed by atoms with Crippen LogP contribution in [0.3, 0.4) is 0 Å². The van der Waals surface area contributed by atoms with Gasteiger partial charge in [0, 0.05) is 29.7 Å². The number of nitrogens with zero attached hydrogens (tertiary/aromatic N) is 1. The quantitative estimate of drug-likeness (QED) is 0.849. The van der Waals surface area contributed by atoms with E-state index in [0.717, 1.165) is 34.8 Å². The molecule has 0 saturated heterocycles. The summed E-state index contributed by atoms with van der Waals surface area (Å²) in [5.74, 6) is 0.838. The summed E-state index contributed by atoms with van der Waals surface area (Å²) in [5, 5.41) is 5.85. The lowest BCUT2D eigenvalue weighted by Gasteiger charge is -2.13. The highest BCUT2D eigenvalue weighted by atomic mass is 16.5. The van der Waals surface area contributed by atoms with Crippen LogP contribution in [-0.4, -0.2) is 23.7 Å². The number of nitrogens with one attached hydrogen (secondary N) is 2. The van der Waals surface area contributed by atoms with Gasteiger partial charge in [-0.3, -0.25) is 0 Å². The largest absolute Gasteiger partial charge is 0.497 e. The highest BCUT2D eigenvalue weighted by Crippen LogP contribution is 2.22. The van der Waals surface area contributed by atoms with Crippen molar-refractivity contribution in [2.75, 3.05) is 7.11 Å². The minimum Gasteiger partial charge on any atom is -0.497 e. The van der Waals surface area contributed by atoms with Gasteiger partial charge in [0.25, 0.3) is 0 Å². The Morgan fingerprint density at radius 3 is 2.50 bits per heavy atom. The normalized spacial score (nSPS) is 11.9. The molecule has 2 aromatic rings. The van der Waals surface area contributed by atoms with E-state index in [0.29, 0.717) is 6.54 Å². The minimum atomic E-state index is -0.126. The van der Waals surface area contributed by atoms with Crippen LogP contribution >= 0.6 is 0 Å². The van der Waals surface area contributed by atoms with Crippen LogP contribution in [0.5, 0.6) is 5.75 Å².